The van der Waals surface area contributed by atoms with Crippen LogP contribution in [0, 0.1) is 17.2 Å². The molecule has 0 spiro atoms. The van der Waals surface area contributed by atoms with E-state index in [4.69, 9.17) is 11.6 Å². The number of nitriles is 1. The number of hydrogen-bond donors (Lipinski definition) is 2. The van der Waals surface area contributed by atoms with E-state index < -0.39 is 5.54 Å². The van der Waals surface area contributed by atoms with E-state index in [0.29, 0.717) is 5.02 Å². The quantitative estimate of drug-likeness (QED) is 0.849. The molecule has 2 N–H and O–H groups in total. The average Bonchev–Trinajstić information content (AvgIpc) is 2.44. The molecule has 0 saturated heterocycles. The van der Waals surface area contributed by atoms with Gasteiger partial charge in [-0.15, -0.1) is 0 Å². The van der Waals surface area contributed by atoms with Crippen LogP contribution >= 0.6 is 11.6 Å². The highest BCUT2D eigenvalue weighted by Crippen LogP contribution is 2.22. The van der Waals surface area contributed by atoms with E-state index in [0.717, 1.165) is 5.56 Å². The molecule has 4 nitrogen and oxygen atoms in total. The first-order chi connectivity index (χ1) is 9.80. The smallest absolute Gasteiger partial charge is 0.235 e. The van der Waals surface area contributed by atoms with E-state index in [9.17, 15) is 10.1 Å². The zero-order valence-electron chi connectivity index (χ0n) is 12.9. The number of amides is 1. The predicted molar refractivity (Wildman–Crippen MR) is 84.9 cm³/mol. The molecule has 0 aromatic heterocycles. The summed E-state index contributed by atoms with van der Waals surface area (Å²) < 4.78 is 0. The Morgan fingerprint density at radius 1 is 1.38 bits per heavy atom. The van der Waals surface area contributed by atoms with Crippen molar-refractivity contribution in [3.8, 4) is 6.07 Å². The van der Waals surface area contributed by atoms with Crippen LogP contribution in [0.15, 0.2) is 24.3 Å². The third-order valence-corrected chi connectivity index (χ3v) is 4.07. The Labute approximate surface area is 131 Å². The summed E-state index contributed by atoms with van der Waals surface area (Å²) in [6, 6.07) is 9.63. The molecule has 0 unspecified atom stereocenters. The molecule has 0 radical (unpaired) electrons. The summed E-state index contributed by atoms with van der Waals surface area (Å²) in [4.78, 5) is 12.0. The van der Waals surface area contributed by atoms with E-state index in [2.05, 4.69) is 16.7 Å². The van der Waals surface area contributed by atoms with Crippen molar-refractivity contribution in [2.75, 3.05) is 6.54 Å². The number of benzene rings is 1. The fraction of sp³-hybridized carbons (Fsp3) is 0.500. The van der Waals surface area contributed by atoms with Crippen LogP contribution in [0.4, 0.5) is 0 Å². The molecule has 1 amide bonds. The number of nitrogens with zero attached hydrogens (tertiary/aromatic N) is 1. The highest BCUT2D eigenvalue weighted by atomic mass is 35.5. The summed E-state index contributed by atoms with van der Waals surface area (Å²) in [5.41, 5.74) is 0.0886. The lowest BCUT2D eigenvalue weighted by molar-refractivity contribution is -0.122. The Morgan fingerprint density at radius 3 is 2.52 bits per heavy atom. The Balaban J connectivity index is 2.58. The first-order valence-electron chi connectivity index (χ1n) is 7.00. The van der Waals surface area contributed by atoms with E-state index in [1.54, 1.807) is 6.92 Å². The van der Waals surface area contributed by atoms with Gasteiger partial charge in [-0.25, -0.2) is 0 Å². The minimum atomic E-state index is -0.855. The van der Waals surface area contributed by atoms with Crippen LogP contribution < -0.4 is 10.6 Å². The SMILES string of the molecule is CC(C)[C@](C)(C#N)NC(=O)CN[C@H](C)c1ccccc1Cl. The summed E-state index contributed by atoms with van der Waals surface area (Å²) in [6.07, 6.45) is 0. The molecule has 2 atom stereocenters. The number of carbonyl (C=O) groups excluding carboxylic acids is 1. The van der Waals surface area contributed by atoms with Crippen LogP contribution in [-0.2, 0) is 4.79 Å². The predicted octanol–water partition coefficient (Wildman–Crippen LogP) is 3.05. The lowest BCUT2D eigenvalue weighted by Gasteiger charge is -2.27. The Hall–Kier alpha value is -1.57. The van der Waals surface area contributed by atoms with Gasteiger partial charge in [0.25, 0.3) is 0 Å². The van der Waals surface area contributed by atoms with Gasteiger partial charge in [0, 0.05) is 11.1 Å². The third-order valence-electron chi connectivity index (χ3n) is 3.73. The molecule has 0 aliphatic carbocycles. The second-order valence-corrected chi connectivity index (χ2v) is 6.05. The van der Waals surface area contributed by atoms with Crippen LogP contribution in [0.5, 0.6) is 0 Å². The average molecular weight is 308 g/mol. The molecular formula is C16H22ClN3O. The van der Waals surface area contributed by atoms with Gasteiger partial charge in [-0.1, -0.05) is 43.6 Å². The van der Waals surface area contributed by atoms with Crippen molar-refractivity contribution in [1.29, 1.82) is 5.26 Å². The number of nitrogens with one attached hydrogen (secondary N) is 2. The highest BCUT2D eigenvalue weighted by molar-refractivity contribution is 6.31. The monoisotopic (exact) mass is 307 g/mol. The molecule has 0 heterocycles. The maximum Gasteiger partial charge on any atom is 0.235 e. The zero-order chi connectivity index (χ0) is 16.0. The van der Waals surface area contributed by atoms with Crippen molar-refractivity contribution in [1.82, 2.24) is 10.6 Å². The standard InChI is InChI=1S/C16H22ClN3O/c1-11(2)16(4,10-18)20-15(21)9-19-12(3)13-7-5-6-8-14(13)17/h5-8,11-12,19H,9H2,1-4H3,(H,20,21)/t12-,16+/m1/s1. The van der Waals surface area contributed by atoms with Gasteiger partial charge in [-0.05, 0) is 31.4 Å². The molecule has 0 saturated carbocycles. The van der Waals surface area contributed by atoms with E-state index >= 15 is 0 Å². The van der Waals surface area contributed by atoms with E-state index in [-0.39, 0.29) is 24.4 Å². The van der Waals surface area contributed by atoms with Crippen molar-refractivity contribution in [3.05, 3.63) is 34.9 Å². The molecule has 0 fully saturated rings. The molecule has 1 aromatic rings. The number of hydrogen-bond acceptors (Lipinski definition) is 3. The van der Waals surface area contributed by atoms with Crippen LogP contribution in [0.25, 0.3) is 0 Å². The van der Waals surface area contributed by atoms with Crippen LogP contribution in [-0.4, -0.2) is 18.0 Å². The fourth-order valence-electron chi connectivity index (χ4n) is 1.82. The lowest BCUT2D eigenvalue weighted by Crippen LogP contribution is -2.51. The molecule has 114 valence electrons. The van der Waals surface area contributed by atoms with Gasteiger partial charge < -0.3 is 10.6 Å². The molecule has 1 aromatic carbocycles. The molecular weight excluding hydrogens is 286 g/mol. The van der Waals surface area contributed by atoms with Gasteiger partial charge in [0.2, 0.25) is 5.91 Å². The molecule has 5 heteroatoms. The summed E-state index contributed by atoms with van der Waals surface area (Å²) in [5, 5.41) is 15.7. The van der Waals surface area contributed by atoms with Crippen molar-refractivity contribution >= 4 is 17.5 Å². The van der Waals surface area contributed by atoms with E-state index in [1.807, 2.05) is 45.0 Å². The summed E-state index contributed by atoms with van der Waals surface area (Å²) >= 11 is 6.12. The van der Waals surface area contributed by atoms with Gasteiger partial charge in [0.05, 0.1) is 12.6 Å². The van der Waals surface area contributed by atoms with Crippen molar-refractivity contribution < 1.29 is 4.79 Å². The molecule has 0 aliphatic heterocycles. The van der Waals surface area contributed by atoms with Crippen LogP contribution in [0.2, 0.25) is 5.02 Å². The lowest BCUT2D eigenvalue weighted by atomic mass is 9.90. The molecule has 0 bridgehead atoms. The van der Waals surface area contributed by atoms with Gasteiger partial charge in [0.15, 0.2) is 0 Å². The Kier molecular flexibility index (Phi) is 6.19. The fourth-order valence-corrected chi connectivity index (χ4v) is 2.12. The molecule has 1 rings (SSSR count). The Bertz CT molecular complexity index is 539. The van der Waals surface area contributed by atoms with Gasteiger partial charge >= 0.3 is 0 Å². The van der Waals surface area contributed by atoms with Crippen molar-refractivity contribution in [2.45, 2.75) is 39.3 Å². The summed E-state index contributed by atoms with van der Waals surface area (Å²) in [7, 11) is 0. The summed E-state index contributed by atoms with van der Waals surface area (Å²) in [5.74, 6) is -0.168. The first-order valence-corrected chi connectivity index (χ1v) is 7.38. The minimum Gasteiger partial charge on any atom is -0.337 e. The summed E-state index contributed by atoms with van der Waals surface area (Å²) in [6.45, 7) is 7.62. The Morgan fingerprint density at radius 2 is 2.00 bits per heavy atom. The highest BCUT2D eigenvalue weighted by Gasteiger charge is 2.29. The van der Waals surface area contributed by atoms with Crippen LogP contribution in [0.3, 0.4) is 0 Å². The van der Waals surface area contributed by atoms with Crippen molar-refractivity contribution in [2.24, 2.45) is 5.92 Å². The van der Waals surface area contributed by atoms with Crippen molar-refractivity contribution in [3.63, 3.8) is 0 Å². The number of carbonyl (C=O) groups is 1. The zero-order valence-corrected chi connectivity index (χ0v) is 13.7. The maximum absolute atomic E-state index is 12.0. The maximum atomic E-state index is 12.0. The largest absolute Gasteiger partial charge is 0.337 e. The first kappa shape index (κ1) is 17.5. The van der Waals surface area contributed by atoms with Gasteiger partial charge in [-0.3, -0.25) is 4.79 Å². The van der Waals surface area contributed by atoms with E-state index in [1.165, 1.54) is 0 Å². The molecule has 21 heavy (non-hydrogen) atoms. The second kappa shape index (κ2) is 7.44. The normalized spacial score (nSPS) is 15.1. The minimum absolute atomic E-state index is 0.0347. The van der Waals surface area contributed by atoms with Gasteiger partial charge in [-0.2, -0.15) is 5.26 Å². The second-order valence-electron chi connectivity index (χ2n) is 5.64. The third kappa shape index (κ3) is 4.73. The molecule has 0 aliphatic rings. The number of halogens is 1. The van der Waals surface area contributed by atoms with Crippen LogP contribution in [0.1, 0.15) is 39.3 Å². The number of rotatable bonds is 6. The van der Waals surface area contributed by atoms with Gasteiger partial charge in [0.1, 0.15) is 5.54 Å². The topological polar surface area (TPSA) is 64.9 Å².